The number of hydrogen-bond donors (Lipinski definition) is 0. The van der Waals surface area contributed by atoms with Crippen molar-refractivity contribution in [3.8, 4) is 0 Å². The van der Waals surface area contributed by atoms with Gasteiger partial charge in [0.25, 0.3) is 0 Å². The van der Waals surface area contributed by atoms with Crippen LogP contribution in [0.2, 0.25) is 0 Å². The van der Waals surface area contributed by atoms with Crippen molar-refractivity contribution in [3.05, 3.63) is 0 Å². The molecule has 0 rings (SSSR count). The molecule has 0 aliphatic rings. The van der Waals surface area contributed by atoms with E-state index in [-0.39, 0.29) is 0 Å². The van der Waals surface area contributed by atoms with Gasteiger partial charge in [0.1, 0.15) is 0 Å². The van der Waals surface area contributed by atoms with Crippen LogP contribution in [0.1, 0.15) is 6.92 Å². The molecule has 0 fully saturated rings. The van der Waals surface area contributed by atoms with Crippen LogP contribution in [-0.4, -0.2) is 637 Å². The topological polar surface area (TPSA) is 9.23 Å². The first-order chi connectivity index (χ1) is 48.4. The van der Waals surface area contributed by atoms with Gasteiger partial charge in [0, 0.05) is 0 Å². The zero-order chi connectivity index (χ0) is 69.2. The van der Waals surface area contributed by atoms with E-state index in [4.69, 9.17) is 12.0 Å². The van der Waals surface area contributed by atoms with E-state index < -0.39 is 0 Å². The number of rotatable bonds is 48. The Balaban J connectivity index is 4.12. The summed E-state index contributed by atoms with van der Waals surface area (Å²) in [7, 11) is 6.95. The van der Waals surface area contributed by atoms with Crippen molar-refractivity contribution in [1.82, 2.24) is 0 Å². The molecule has 1 nitrogen and oxygen atoms in total. The van der Waals surface area contributed by atoms with Gasteiger partial charge < -0.3 is 0 Å². The predicted octanol–water partition coefficient (Wildman–Crippen LogP) is -35.3. The summed E-state index contributed by atoms with van der Waals surface area (Å²) in [4.78, 5) is 0. The second-order valence-electron chi connectivity index (χ2n) is 18.3. The summed E-state index contributed by atoms with van der Waals surface area (Å²) in [6, 6.07) is 0. The molecule has 95 heteroatoms. The van der Waals surface area contributed by atoms with Crippen molar-refractivity contribution in [1.29, 1.82) is 0 Å². The van der Waals surface area contributed by atoms with Gasteiger partial charge in [-0.05, 0) is 0 Å². The fraction of sp³-hybridized carbons (Fsp3) is 1.00. The Labute approximate surface area is 641 Å². The van der Waals surface area contributed by atoms with Crippen LogP contribution in [-0.2, 0) is 4.65 Å². The van der Waals surface area contributed by atoms with E-state index in [0.29, 0.717) is 6.61 Å². The average molecular weight is 1060 g/mol. The summed E-state index contributed by atoms with van der Waals surface area (Å²) in [6.07, 6.45) is 0. The first-order valence-electron chi connectivity index (χ1n) is 32.2. The van der Waals surface area contributed by atoms with Gasteiger partial charge in [0.2, 0.25) is 0 Å². The Hall–Kier alpha value is 5.90. The van der Waals surface area contributed by atoms with Crippen LogP contribution in [0.4, 0.5) is 0 Å². The van der Waals surface area contributed by atoms with Crippen LogP contribution in [0.15, 0.2) is 0 Å². The Morgan fingerprint density at radius 3 is 0.268 bits per heavy atom. The van der Waals surface area contributed by atoms with Gasteiger partial charge in [0.15, 0.2) is 0 Å². The van der Waals surface area contributed by atoms with Gasteiger partial charge in [-0.25, -0.2) is 0 Å². The van der Waals surface area contributed by atoms with Crippen LogP contribution in [0, 0.1) is 0 Å². The van der Waals surface area contributed by atoms with Crippen molar-refractivity contribution in [2.45, 2.75) is 6.92 Å². The zero-order valence-electron chi connectivity index (χ0n) is 56.4. The molecule has 0 atom stereocenters. The normalized spacial score (nSPS) is 7.88. The number of hydrogen-bond acceptors (Lipinski definition) is 1. The molecule has 0 bridgehead atoms. The summed E-state index contributed by atoms with van der Waals surface area (Å²) in [5.74, 6) is 0. The monoisotopic (exact) mass is 1080 g/mol. The van der Waals surface area contributed by atoms with Crippen LogP contribution < -0.4 is 0 Å². The van der Waals surface area contributed by atoms with Gasteiger partial charge in [-0.3, -0.25) is 0 Å². The van der Waals surface area contributed by atoms with Crippen molar-refractivity contribution in [3.63, 3.8) is 0 Å². The molecule has 0 aromatic rings. The average Bonchev–Trinajstić information content (AvgIpc) is 3.61. The van der Waals surface area contributed by atoms with Crippen LogP contribution >= 0.6 is 0 Å². The molecule has 97 heavy (non-hydrogen) atoms. The van der Waals surface area contributed by atoms with E-state index in [0.717, 1.165) is 0 Å². The van der Waals surface area contributed by atoms with Crippen molar-refractivity contribution in [2.75, 3.05) is 6.61 Å². The molecule has 0 N–H and O–H groups in total. The summed E-state index contributed by atoms with van der Waals surface area (Å²) < 4.78 is 5.12. The van der Waals surface area contributed by atoms with E-state index in [1.807, 2.05) is 609 Å². The summed E-state index contributed by atoms with van der Waals surface area (Å²) in [5, 5.41) is 0. The Bertz CT molecular complexity index is 3540. The van der Waals surface area contributed by atoms with Gasteiger partial charge in [-0.2, -0.15) is 0 Å². The fourth-order valence-corrected chi connectivity index (χ4v) is 5.97. The maximum atomic E-state index is 5.27. The fourth-order valence-electron chi connectivity index (χ4n) is 5.97. The molecule has 0 heterocycles. The minimum absolute atomic E-state index is 0.682. The zero-order valence-corrected chi connectivity index (χ0v) is 56.4. The molecule has 0 unspecified atom stereocenters. The third-order valence-corrected chi connectivity index (χ3v) is 10.5. The summed E-state index contributed by atoms with van der Waals surface area (Å²) >= 11 is 0. The molecule has 0 saturated carbocycles. The Morgan fingerprint density at radius 1 is 0.124 bits per heavy atom. The predicted molar refractivity (Wildman–Crippen MR) is 553 cm³/mol. The van der Waals surface area contributed by atoms with Crippen LogP contribution in [0.3, 0.4) is 0 Å². The van der Waals surface area contributed by atoms with Gasteiger partial charge in [-0.1, -0.05) is 0 Å². The third-order valence-electron chi connectivity index (χ3n) is 10.5. The molecular formula is C2H5B94O. The Morgan fingerprint density at radius 2 is 0.196 bits per heavy atom. The minimum atomic E-state index is 0.682. The van der Waals surface area contributed by atoms with E-state index in [1.165, 1.54) is 6.69 Å². The maximum absolute atomic E-state index is 5.27. The third kappa shape index (κ3) is 102. The van der Waals surface area contributed by atoms with Crippen LogP contribution in [0.5, 0.6) is 0 Å². The molecular weight excluding hydrogens is 1060 g/mol. The molecule has 301 valence electrons. The molecule has 0 aromatic carbocycles. The molecule has 0 aliphatic carbocycles. The van der Waals surface area contributed by atoms with E-state index >= 15 is 0 Å². The first kappa shape index (κ1) is 103. The van der Waals surface area contributed by atoms with Crippen molar-refractivity contribution in [2.24, 2.45) is 0 Å². The molecule has 0 spiro atoms. The standard InChI is InChI=1S/C2H5B94O/c1-2-97-96-95-94-93-92-91-90-89-88-87-86-85-84-83-82-81-80-79-78-77-76-75-74-73-72-71-70-69-68-67-66-65-64-63-62-61-60-59-58-57-56-55-54-53-52-51-50-49-48-47-46-45-44-43-42-41-40-39-38-37-36-35-34-33-32-31-30-29-28-27-26-25-24-23-22-21-20-19-18-17-16-15-14-13-12-11-10-9-8-7-6-5-4-3/h2H2,1H3. The molecule has 0 amide bonds. The van der Waals surface area contributed by atoms with Gasteiger partial charge in [-0.15, -0.1) is 0 Å². The van der Waals surface area contributed by atoms with Crippen LogP contribution in [0.25, 0.3) is 0 Å². The van der Waals surface area contributed by atoms with Gasteiger partial charge in [0.05, 0.1) is 0 Å². The molecule has 0 aliphatic heterocycles. The van der Waals surface area contributed by atoms with E-state index in [9.17, 15) is 0 Å². The van der Waals surface area contributed by atoms with Crippen molar-refractivity contribution >= 4 is 630 Å². The van der Waals surface area contributed by atoms with E-state index in [1.54, 1.807) is 13.7 Å². The van der Waals surface area contributed by atoms with Crippen molar-refractivity contribution < 1.29 is 4.65 Å². The molecule has 1 radical (unpaired) electrons. The van der Waals surface area contributed by atoms with E-state index in [2.05, 4.69) is 0 Å². The Kier molecular flexibility index (Phi) is 108. The SMILES string of the molecule is [B]=BB=BB=BB=BB=BB=BB=BB=BB=BB=BB=BB=BB=BB=BB=BB=BB=BB=BB=BB=BB=BB=BB=BB=BB=BB=BB=BB=BB=BB=BB=BB=BB=BB=BB=BB=BB=BB=BB=BB=BB=BB=BB=BB=BB=BB=BB=BOCC. The van der Waals surface area contributed by atoms with Gasteiger partial charge >= 0.3 is 648 Å². The first-order valence-corrected chi connectivity index (χ1v) is 32.2. The molecule has 0 aromatic heterocycles. The second kappa shape index (κ2) is 102. The quantitative estimate of drug-likeness (QED) is 0.0552. The molecule has 0 saturated heterocycles. The second-order valence-corrected chi connectivity index (χ2v) is 18.3. The summed E-state index contributed by atoms with van der Waals surface area (Å²) in [6.45, 7) is 185. The summed E-state index contributed by atoms with van der Waals surface area (Å²) in [5.41, 5.74) is 0.